The quantitative estimate of drug-likeness (QED) is 0.694. The summed E-state index contributed by atoms with van der Waals surface area (Å²) in [4.78, 5) is 28.7. The summed E-state index contributed by atoms with van der Waals surface area (Å²) in [6.45, 7) is 6.74. The second kappa shape index (κ2) is 9.73. The first kappa shape index (κ1) is 22.5. The first-order chi connectivity index (χ1) is 14.9. The Balaban J connectivity index is 1.95. The summed E-state index contributed by atoms with van der Waals surface area (Å²) >= 11 is 0. The van der Waals surface area contributed by atoms with Gasteiger partial charge in [-0.2, -0.15) is 0 Å². The number of carbonyl (C=O) groups excluding carboxylic acids is 2. The number of likely N-dealkylation sites (N-methyl/N-ethyl adjacent to an activating group) is 1. The Kier molecular flexibility index (Phi) is 7.05. The van der Waals surface area contributed by atoms with Crippen molar-refractivity contribution in [3.05, 3.63) is 53.6 Å². The molecule has 3 rings (SSSR count). The van der Waals surface area contributed by atoms with Crippen molar-refractivity contribution in [1.82, 2.24) is 9.80 Å². The lowest BCUT2D eigenvalue weighted by atomic mass is 10.0. The van der Waals surface area contributed by atoms with Crippen molar-refractivity contribution in [1.29, 1.82) is 0 Å². The molecule has 0 radical (unpaired) electrons. The molecule has 1 N–H and O–H groups in total. The predicted octanol–water partition coefficient (Wildman–Crippen LogP) is 3.92. The van der Waals surface area contributed by atoms with Gasteiger partial charge in [-0.25, -0.2) is 0 Å². The zero-order valence-corrected chi connectivity index (χ0v) is 18.8. The van der Waals surface area contributed by atoms with Crippen LogP contribution in [0.3, 0.4) is 0 Å². The predicted molar refractivity (Wildman–Crippen MR) is 121 cm³/mol. The molecule has 1 heterocycles. The fourth-order valence-corrected chi connectivity index (χ4v) is 3.69. The zero-order chi connectivity index (χ0) is 22.5. The van der Waals surface area contributed by atoms with Gasteiger partial charge in [-0.1, -0.05) is 25.1 Å². The third-order valence-corrected chi connectivity index (χ3v) is 5.16. The lowest BCUT2D eigenvalue weighted by molar-refractivity contribution is -0.135. The average molecular weight is 426 g/mol. The van der Waals surface area contributed by atoms with Crippen LogP contribution in [-0.2, 0) is 4.79 Å². The number of ether oxygens (including phenoxy) is 2. The van der Waals surface area contributed by atoms with Crippen LogP contribution in [0.1, 0.15) is 49.3 Å². The fraction of sp³-hybridized carbons (Fsp3) is 0.417. The van der Waals surface area contributed by atoms with E-state index >= 15 is 0 Å². The van der Waals surface area contributed by atoms with Crippen molar-refractivity contribution >= 4 is 17.5 Å². The van der Waals surface area contributed by atoms with Crippen molar-refractivity contribution < 1.29 is 19.1 Å². The van der Waals surface area contributed by atoms with Gasteiger partial charge in [0.1, 0.15) is 6.17 Å². The minimum Gasteiger partial charge on any atom is -0.490 e. The molecule has 7 nitrogen and oxygen atoms in total. The van der Waals surface area contributed by atoms with E-state index in [-0.39, 0.29) is 18.0 Å². The summed E-state index contributed by atoms with van der Waals surface area (Å²) in [5.41, 5.74) is 2.38. The van der Waals surface area contributed by atoms with Crippen LogP contribution in [0, 0.1) is 0 Å². The van der Waals surface area contributed by atoms with E-state index in [1.165, 1.54) is 4.90 Å². The summed E-state index contributed by atoms with van der Waals surface area (Å²) in [5.74, 6) is 0.919. The van der Waals surface area contributed by atoms with E-state index in [0.29, 0.717) is 30.2 Å². The lowest BCUT2D eigenvalue weighted by Gasteiger charge is -2.38. The van der Waals surface area contributed by atoms with E-state index in [4.69, 9.17) is 9.47 Å². The molecule has 0 aromatic heterocycles. The molecule has 2 aromatic carbocycles. The van der Waals surface area contributed by atoms with Gasteiger partial charge in [0.05, 0.1) is 12.2 Å². The van der Waals surface area contributed by atoms with Crippen LogP contribution < -0.4 is 14.8 Å². The lowest BCUT2D eigenvalue weighted by Crippen LogP contribution is -2.43. The number of anilines is 1. The maximum absolute atomic E-state index is 13.1. The molecule has 2 atom stereocenters. The number of hydrogen-bond donors (Lipinski definition) is 1. The van der Waals surface area contributed by atoms with E-state index in [1.54, 1.807) is 27.1 Å². The van der Waals surface area contributed by atoms with E-state index in [1.807, 2.05) is 48.2 Å². The maximum atomic E-state index is 13.1. The Hall–Kier alpha value is -3.22. The minimum atomic E-state index is -0.641. The van der Waals surface area contributed by atoms with Gasteiger partial charge in [0, 0.05) is 26.3 Å². The Morgan fingerprint density at radius 3 is 2.58 bits per heavy atom. The average Bonchev–Trinajstić information content (AvgIpc) is 2.76. The molecule has 0 bridgehead atoms. The van der Waals surface area contributed by atoms with Crippen LogP contribution in [0.15, 0.2) is 42.5 Å². The van der Waals surface area contributed by atoms with E-state index in [2.05, 4.69) is 12.2 Å². The van der Waals surface area contributed by atoms with Gasteiger partial charge in [0.25, 0.3) is 11.8 Å². The van der Waals surface area contributed by atoms with E-state index in [9.17, 15) is 9.59 Å². The molecule has 31 heavy (non-hydrogen) atoms. The third kappa shape index (κ3) is 4.76. The van der Waals surface area contributed by atoms with Gasteiger partial charge in [0.15, 0.2) is 17.6 Å². The number of amides is 2. The normalized spacial score (nSPS) is 16.2. The Morgan fingerprint density at radius 1 is 1.16 bits per heavy atom. The SMILES string of the molecule is CCCN1C(=O)c2ccccc2N[C@H]1c1ccc(O[C@H](C)C(=O)N(C)C)c(OCC)c1. The summed E-state index contributed by atoms with van der Waals surface area (Å²) in [6, 6.07) is 13.1. The van der Waals surface area contributed by atoms with Crippen molar-refractivity contribution in [3.63, 3.8) is 0 Å². The highest BCUT2D eigenvalue weighted by atomic mass is 16.5. The smallest absolute Gasteiger partial charge is 0.262 e. The molecule has 2 amide bonds. The monoisotopic (exact) mass is 425 g/mol. The van der Waals surface area contributed by atoms with Crippen molar-refractivity contribution in [3.8, 4) is 11.5 Å². The van der Waals surface area contributed by atoms with Crippen LogP contribution in [0.5, 0.6) is 11.5 Å². The standard InChI is InChI=1S/C24H31N3O4/c1-6-14-27-22(25-19-11-9-8-10-18(19)24(27)29)17-12-13-20(21(15-17)30-7-2)31-16(3)23(28)26(4)5/h8-13,15-16,22,25H,6-7,14H2,1-5H3/t16-,22-/m1/s1. The molecule has 0 unspecified atom stereocenters. The number of fused-ring (bicyclic) bond motifs is 1. The summed E-state index contributed by atoms with van der Waals surface area (Å²) in [5, 5.41) is 3.49. The minimum absolute atomic E-state index is 0.00434. The number of hydrogen-bond acceptors (Lipinski definition) is 5. The van der Waals surface area contributed by atoms with Crippen LogP contribution in [-0.4, -0.2) is 55.0 Å². The Morgan fingerprint density at radius 2 is 1.90 bits per heavy atom. The number of benzene rings is 2. The number of carbonyl (C=O) groups is 2. The second-order valence-electron chi connectivity index (χ2n) is 7.72. The van der Waals surface area contributed by atoms with Crippen LogP contribution >= 0.6 is 0 Å². The van der Waals surface area contributed by atoms with Crippen molar-refractivity contribution in [2.45, 2.75) is 39.5 Å². The Bertz CT molecular complexity index is 944. The topological polar surface area (TPSA) is 71.1 Å². The molecular weight excluding hydrogens is 394 g/mol. The van der Waals surface area contributed by atoms with Crippen molar-refractivity contribution in [2.75, 3.05) is 32.6 Å². The molecule has 0 saturated heterocycles. The first-order valence-electron chi connectivity index (χ1n) is 10.7. The molecule has 1 aliphatic heterocycles. The van der Waals surface area contributed by atoms with Crippen LogP contribution in [0.25, 0.3) is 0 Å². The van der Waals surface area contributed by atoms with Gasteiger partial charge in [0.2, 0.25) is 0 Å². The summed E-state index contributed by atoms with van der Waals surface area (Å²) in [7, 11) is 3.39. The largest absolute Gasteiger partial charge is 0.490 e. The number of para-hydroxylation sites is 1. The van der Waals surface area contributed by atoms with Crippen LogP contribution in [0.2, 0.25) is 0 Å². The highest BCUT2D eigenvalue weighted by Gasteiger charge is 2.32. The number of nitrogens with one attached hydrogen (secondary N) is 1. The molecule has 1 aliphatic rings. The fourth-order valence-electron chi connectivity index (χ4n) is 3.69. The van der Waals surface area contributed by atoms with Gasteiger partial charge >= 0.3 is 0 Å². The molecule has 2 aromatic rings. The van der Waals surface area contributed by atoms with E-state index < -0.39 is 6.10 Å². The highest BCUT2D eigenvalue weighted by molar-refractivity contribution is 6.01. The van der Waals surface area contributed by atoms with Gasteiger partial charge in [-0.15, -0.1) is 0 Å². The van der Waals surface area contributed by atoms with Gasteiger partial charge in [-0.3, -0.25) is 9.59 Å². The zero-order valence-electron chi connectivity index (χ0n) is 18.8. The maximum Gasteiger partial charge on any atom is 0.262 e. The highest BCUT2D eigenvalue weighted by Crippen LogP contribution is 2.37. The molecule has 7 heteroatoms. The second-order valence-corrected chi connectivity index (χ2v) is 7.72. The number of nitrogens with zero attached hydrogens (tertiary/aromatic N) is 2. The molecule has 0 fully saturated rings. The summed E-state index contributed by atoms with van der Waals surface area (Å²) in [6.07, 6.45) is -0.121. The Labute approximate surface area is 183 Å². The molecule has 166 valence electrons. The number of rotatable bonds is 8. The van der Waals surface area contributed by atoms with Crippen LogP contribution in [0.4, 0.5) is 5.69 Å². The summed E-state index contributed by atoms with van der Waals surface area (Å²) < 4.78 is 11.7. The van der Waals surface area contributed by atoms with Crippen molar-refractivity contribution in [2.24, 2.45) is 0 Å². The van der Waals surface area contributed by atoms with Gasteiger partial charge in [-0.05, 0) is 50.1 Å². The van der Waals surface area contributed by atoms with E-state index in [0.717, 1.165) is 17.7 Å². The molecule has 0 saturated carbocycles. The molecule has 0 aliphatic carbocycles. The molecular formula is C24H31N3O4. The first-order valence-corrected chi connectivity index (χ1v) is 10.7. The third-order valence-electron chi connectivity index (χ3n) is 5.16. The molecule has 0 spiro atoms. The van der Waals surface area contributed by atoms with Gasteiger partial charge < -0.3 is 24.6 Å².